The summed E-state index contributed by atoms with van der Waals surface area (Å²) in [5.41, 5.74) is 3.48. The number of rotatable bonds is 1. The molecule has 0 fully saturated rings. The topological polar surface area (TPSA) is 61.9 Å². The van der Waals surface area contributed by atoms with Gasteiger partial charge in [0.25, 0.3) is 0 Å². The molecule has 5 nitrogen and oxygen atoms in total. The predicted molar refractivity (Wildman–Crippen MR) is 67.9 cm³/mol. The van der Waals surface area contributed by atoms with E-state index in [0.717, 1.165) is 11.3 Å². The van der Waals surface area contributed by atoms with Crippen molar-refractivity contribution in [1.82, 2.24) is 19.7 Å². The second-order valence-corrected chi connectivity index (χ2v) is 4.19. The Bertz CT molecular complexity index is 791. The summed E-state index contributed by atoms with van der Waals surface area (Å²) in [6.45, 7) is 4.07. The Morgan fingerprint density at radius 1 is 1.26 bits per heavy atom. The largest absolute Gasteiger partial charge is 1.00 e. The van der Waals surface area contributed by atoms with Crippen LogP contribution < -0.4 is 40.1 Å². The van der Waals surface area contributed by atoms with Crippen molar-refractivity contribution in [3.63, 3.8) is 0 Å². The van der Waals surface area contributed by atoms with Crippen LogP contribution >= 0.6 is 0 Å². The van der Waals surface area contributed by atoms with Gasteiger partial charge in [0.2, 0.25) is 0 Å². The molecule has 0 unspecified atom stereocenters. The molecule has 19 heavy (non-hydrogen) atoms. The third kappa shape index (κ3) is 2.25. The monoisotopic (exact) mass is 262 g/mol. The van der Waals surface area contributed by atoms with Crippen LogP contribution in [0.2, 0.25) is 0 Å². The molecule has 0 aliphatic carbocycles. The van der Waals surface area contributed by atoms with Crippen LogP contribution in [0.25, 0.3) is 16.7 Å². The maximum Gasteiger partial charge on any atom is 1.00 e. The SMILES string of the molecule is Cc1cccc(-n2ncc3c(=O)[n-]cnc32)c1C.[Na+]. The van der Waals surface area contributed by atoms with E-state index < -0.39 is 0 Å². The van der Waals surface area contributed by atoms with Crippen molar-refractivity contribution in [1.29, 1.82) is 0 Å². The Balaban J connectivity index is 0.00000133. The standard InChI is InChI=1S/C13H12N4O.Na/c1-8-4-3-5-11(9(8)2)17-12-10(6-16-17)13(18)15-7-14-12;/h3-7H,1-2H3,(H,14,15,16,18);/q;+1/p-1. The van der Waals surface area contributed by atoms with Crippen LogP contribution in [0.4, 0.5) is 0 Å². The molecular weight excluding hydrogens is 251 g/mol. The van der Waals surface area contributed by atoms with Gasteiger partial charge in [0.05, 0.1) is 22.9 Å². The predicted octanol–water partition coefficient (Wildman–Crippen LogP) is -1.64. The van der Waals surface area contributed by atoms with Gasteiger partial charge in [-0.1, -0.05) is 18.5 Å². The number of benzene rings is 1. The first-order valence-corrected chi connectivity index (χ1v) is 5.61. The van der Waals surface area contributed by atoms with E-state index in [9.17, 15) is 4.79 Å². The molecule has 6 heteroatoms. The summed E-state index contributed by atoms with van der Waals surface area (Å²) in [5.74, 6) is 0. The molecule has 0 saturated heterocycles. The molecule has 3 aromatic rings. The number of aryl methyl sites for hydroxylation is 1. The Hall–Kier alpha value is -1.43. The van der Waals surface area contributed by atoms with Gasteiger partial charge in [0, 0.05) is 0 Å². The third-order valence-corrected chi connectivity index (χ3v) is 3.13. The Kier molecular flexibility index (Phi) is 3.89. The van der Waals surface area contributed by atoms with Crippen molar-refractivity contribution in [3.8, 4) is 5.69 Å². The molecule has 0 atom stereocenters. The van der Waals surface area contributed by atoms with Crippen LogP contribution in [0, 0.1) is 13.8 Å². The number of hydrogen-bond donors (Lipinski definition) is 0. The number of nitrogens with zero attached hydrogens (tertiary/aromatic N) is 4. The Labute approximate surface area is 132 Å². The molecule has 0 radical (unpaired) electrons. The van der Waals surface area contributed by atoms with Gasteiger partial charge >= 0.3 is 29.6 Å². The fourth-order valence-electron chi connectivity index (χ4n) is 1.96. The second kappa shape index (κ2) is 5.28. The fourth-order valence-corrected chi connectivity index (χ4v) is 1.96. The zero-order chi connectivity index (χ0) is 12.7. The summed E-state index contributed by atoms with van der Waals surface area (Å²) in [7, 11) is 0. The molecule has 0 N–H and O–H groups in total. The minimum absolute atomic E-state index is 0. The Morgan fingerprint density at radius 3 is 2.84 bits per heavy atom. The number of hydrogen-bond acceptors (Lipinski definition) is 3. The van der Waals surface area contributed by atoms with Crippen molar-refractivity contribution in [3.05, 3.63) is 52.2 Å². The van der Waals surface area contributed by atoms with Gasteiger partial charge in [0.1, 0.15) is 0 Å². The van der Waals surface area contributed by atoms with Crippen molar-refractivity contribution in [2.24, 2.45) is 0 Å². The summed E-state index contributed by atoms with van der Waals surface area (Å²) in [6.07, 6.45) is 2.79. The van der Waals surface area contributed by atoms with E-state index in [4.69, 9.17) is 0 Å². The van der Waals surface area contributed by atoms with E-state index in [0.29, 0.717) is 11.0 Å². The second-order valence-electron chi connectivity index (χ2n) is 4.19. The first-order valence-electron chi connectivity index (χ1n) is 5.61. The molecule has 2 heterocycles. The van der Waals surface area contributed by atoms with Gasteiger partial charge in [0.15, 0.2) is 5.56 Å². The van der Waals surface area contributed by atoms with E-state index >= 15 is 0 Å². The van der Waals surface area contributed by atoms with Gasteiger partial charge in [-0.3, -0.25) is 4.79 Å². The first kappa shape index (κ1) is 14.0. The average molecular weight is 262 g/mol. The molecule has 0 amide bonds. The normalized spacial score (nSPS) is 10.4. The summed E-state index contributed by atoms with van der Waals surface area (Å²) in [6, 6.07) is 5.96. The van der Waals surface area contributed by atoms with Crippen LogP contribution in [0.15, 0.2) is 35.5 Å². The quantitative estimate of drug-likeness (QED) is 0.493. The molecule has 0 spiro atoms. The summed E-state index contributed by atoms with van der Waals surface area (Å²) in [5, 5.41) is 4.69. The van der Waals surface area contributed by atoms with Crippen LogP contribution in [0.5, 0.6) is 0 Å². The molecule has 0 saturated carbocycles. The summed E-state index contributed by atoms with van der Waals surface area (Å²) >= 11 is 0. The maximum absolute atomic E-state index is 11.6. The minimum Gasteiger partial charge on any atom is -0.426 e. The van der Waals surface area contributed by atoms with E-state index in [2.05, 4.69) is 15.1 Å². The minimum atomic E-state index is -0.295. The summed E-state index contributed by atoms with van der Waals surface area (Å²) in [4.78, 5) is 19.3. The van der Waals surface area contributed by atoms with Gasteiger partial charge in [-0.15, -0.1) is 0 Å². The molecule has 0 bridgehead atoms. The molecule has 3 rings (SSSR count). The van der Waals surface area contributed by atoms with Crippen molar-refractivity contribution in [2.75, 3.05) is 0 Å². The molecule has 90 valence electrons. The third-order valence-electron chi connectivity index (χ3n) is 3.13. The van der Waals surface area contributed by atoms with Crippen LogP contribution in [-0.4, -0.2) is 14.8 Å². The van der Waals surface area contributed by atoms with Crippen molar-refractivity contribution < 1.29 is 29.6 Å². The molecule has 0 aliphatic heterocycles. The smallest absolute Gasteiger partial charge is 0.426 e. The number of fused-ring (bicyclic) bond motifs is 1. The van der Waals surface area contributed by atoms with E-state index in [1.807, 2.05) is 32.0 Å². The molecule has 1 aromatic carbocycles. The van der Waals surface area contributed by atoms with E-state index in [-0.39, 0.29) is 35.1 Å². The molecule has 0 aliphatic rings. The van der Waals surface area contributed by atoms with Gasteiger partial charge in [-0.25, -0.2) is 4.68 Å². The average Bonchev–Trinajstić information content (AvgIpc) is 2.78. The zero-order valence-electron chi connectivity index (χ0n) is 11.1. The van der Waals surface area contributed by atoms with Gasteiger partial charge in [-0.2, -0.15) is 5.10 Å². The van der Waals surface area contributed by atoms with Crippen molar-refractivity contribution in [2.45, 2.75) is 13.8 Å². The molecule has 2 aromatic heterocycles. The van der Waals surface area contributed by atoms with Gasteiger partial charge in [-0.05, 0) is 31.0 Å². The van der Waals surface area contributed by atoms with Crippen LogP contribution in [0.3, 0.4) is 0 Å². The molecular formula is C13H11N4NaO. The van der Waals surface area contributed by atoms with E-state index in [1.165, 1.54) is 18.1 Å². The van der Waals surface area contributed by atoms with Gasteiger partial charge < -0.3 is 9.97 Å². The van der Waals surface area contributed by atoms with Crippen LogP contribution in [-0.2, 0) is 0 Å². The summed E-state index contributed by atoms with van der Waals surface area (Å²) < 4.78 is 1.68. The first-order chi connectivity index (χ1) is 8.68. The fraction of sp³-hybridized carbons (Fsp3) is 0.154. The zero-order valence-corrected chi connectivity index (χ0v) is 13.1. The Morgan fingerprint density at radius 2 is 2.05 bits per heavy atom. The van der Waals surface area contributed by atoms with Crippen LogP contribution in [0.1, 0.15) is 11.1 Å². The maximum atomic E-state index is 11.6. The van der Waals surface area contributed by atoms with E-state index in [1.54, 1.807) is 4.68 Å². The van der Waals surface area contributed by atoms with Crippen molar-refractivity contribution >= 4 is 11.0 Å². The number of aromatic nitrogens is 4.